The van der Waals surface area contributed by atoms with Crippen molar-refractivity contribution in [1.82, 2.24) is 0 Å². The number of ether oxygens (including phenoxy) is 2. The summed E-state index contributed by atoms with van der Waals surface area (Å²) in [5.74, 6) is 0.535. The van der Waals surface area contributed by atoms with Gasteiger partial charge in [0.25, 0.3) is 0 Å². The molecule has 88 valence electrons. The lowest BCUT2D eigenvalue weighted by Gasteiger charge is -2.22. The van der Waals surface area contributed by atoms with Crippen molar-refractivity contribution < 1.29 is 14.3 Å². The van der Waals surface area contributed by atoms with E-state index in [1.54, 1.807) is 7.11 Å². The summed E-state index contributed by atoms with van der Waals surface area (Å²) in [6.45, 7) is 5.64. The van der Waals surface area contributed by atoms with Crippen LogP contribution in [0, 0.1) is 6.92 Å². The highest BCUT2D eigenvalue weighted by Crippen LogP contribution is 2.29. The number of hydrogen-bond donors (Lipinski definition) is 0. The maximum Gasteiger partial charge on any atom is 0.315 e. The first-order valence-corrected chi connectivity index (χ1v) is 5.17. The fraction of sp³-hybridized carbons (Fsp3) is 0.462. The predicted molar refractivity (Wildman–Crippen MR) is 62.8 cm³/mol. The summed E-state index contributed by atoms with van der Waals surface area (Å²) in [7, 11) is 3.02. The zero-order valence-corrected chi connectivity index (χ0v) is 10.5. The molecule has 0 radical (unpaired) electrons. The zero-order valence-electron chi connectivity index (χ0n) is 10.5. The van der Waals surface area contributed by atoms with E-state index in [-0.39, 0.29) is 5.97 Å². The number of hydrogen-bond acceptors (Lipinski definition) is 3. The minimum absolute atomic E-state index is 0.251. The van der Waals surface area contributed by atoms with E-state index in [0.717, 1.165) is 16.9 Å². The number of carbonyl (C=O) groups excluding carboxylic acids is 1. The summed E-state index contributed by atoms with van der Waals surface area (Å²) < 4.78 is 10.0. The molecule has 0 aliphatic carbocycles. The van der Waals surface area contributed by atoms with Crippen LogP contribution in [0.1, 0.15) is 25.0 Å². The molecule has 0 aromatic heterocycles. The van der Waals surface area contributed by atoms with Crippen LogP contribution >= 0.6 is 0 Å². The Morgan fingerprint density at radius 1 is 1.25 bits per heavy atom. The molecule has 16 heavy (non-hydrogen) atoms. The Hall–Kier alpha value is -1.51. The van der Waals surface area contributed by atoms with Crippen molar-refractivity contribution in [3.63, 3.8) is 0 Å². The number of aryl methyl sites for hydroxylation is 1. The Morgan fingerprint density at radius 2 is 1.88 bits per heavy atom. The van der Waals surface area contributed by atoms with E-state index >= 15 is 0 Å². The Balaban J connectivity index is 3.18. The molecule has 0 N–H and O–H groups in total. The number of carbonyl (C=O) groups is 1. The maximum absolute atomic E-state index is 11.7. The molecule has 0 aliphatic heterocycles. The van der Waals surface area contributed by atoms with E-state index in [1.807, 2.05) is 39.0 Å². The van der Waals surface area contributed by atoms with Gasteiger partial charge in [-0.15, -0.1) is 0 Å². The van der Waals surface area contributed by atoms with Crippen LogP contribution in [0.3, 0.4) is 0 Å². The minimum atomic E-state index is -0.657. The molecule has 0 aliphatic rings. The number of rotatable bonds is 3. The predicted octanol–water partition coefficient (Wildman–Crippen LogP) is 2.45. The molecule has 1 aromatic carbocycles. The van der Waals surface area contributed by atoms with Crippen LogP contribution in [-0.4, -0.2) is 20.2 Å². The fourth-order valence-corrected chi connectivity index (χ4v) is 1.58. The Morgan fingerprint density at radius 3 is 2.38 bits per heavy atom. The number of benzene rings is 1. The van der Waals surface area contributed by atoms with Crippen LogP contribution in [0.2, 0.25) is 0 Å². The van der Waals surface area contributed by atoms with E-state index in [1.165, 1.54) is 7.11 Å². The van der Waals surface area contributed by atoms with Crippen molar-refractivity contribution in [3.8, 4) is 5.75 Å². The van der Waals surface area contributed by atoms with Gasteiger partial charge >= 0.3 is 5.97 Å². The molecule has 0 atom stereocenters. The Bertz CT molecular complexity index is 394. The molecular formula is C13H18O3. The van der Waals surface area contributed by atoms with Gasteiger partial charge < -0.3 is 9.47 Å². The molecule has 1 rings (SSSR count). The molecule has 0 fully saturated rings. The average molecular weight is 222 g/mol. The van der Waals surface area contributed by atoms with Gasteiger partial charge in [0.1, 0.15) is 5.75 Å². The van der Waals surface area contributed by atoms with Crippen molar-refractivity contribution in [1.29, 1.82) is 0 Å². The van der Waals surface area contributed by atoms with Gasteiger partial charge in [-0.05, 0) is 38.0 Å². The van der Waals surface area contributed by atoms with Gasteiger partial charge in [-0.25, -0.2) is 0 Å². The van der Waals surface area contributed by atoms with Gasteiger partial charge in [0.05, 0.1) is 19.6 Å². The SMILES string of the molecule is COC(=O)C(C)(C)c1ccc(C)c(OC)c1. The highest BCUT2D eigenvalue weighted by Gasteiger charge is 2.31. The van der Waals surface area contributed by atoms with Crippen molar-refractivity contribution in [3.05, 3.63) is 29.3 Å². The van der Waals surface area contributed by atoms with E-state index in [2.05, 4.69) is 0 Å². The third-order valence-corrected chi connectivity index (χ3v) is 2.83. The van der Waals surface area contributed by atoms with Crippen LogP contribution in [-0.2, 0) is 14.9 Å². The van der Waals surface area contributed by atoms with Gasteiger partial charge in [-0.2, -0.15) is 0 Å². The lowest BCUT2D eigenvalue weighted by Crippen LogP contribution is -2.30. The third kappa shape index (κ3) is 2.18. The lowest BCUT2D eigenvalue weighted by molar-refractivity contribution is -0.146. The van der Waals surface area contributed by atoms with Gasteiger partial charge in [-0.3, -0.25) is 4.79 Å². The van der Waals surface area contributed by atoms with Crippen molar-refractivity contribution in [2.24, 2.45) is 0 Å². The number of esters is 1. The van der Waals surface area contributed by atoms with Crippen LogP contribution in [0.25, 0.3) is 0 Å². The van der Waals surface area contributed by atoms with Gasteiger partial charge in [-0.1, -0.05) is 12.1 Å². The fourth-order valence-electron chi connectivity index (χ4n) is 1.58. The summed E-state index contributed by atoms with van der Waals surface area (Å²) in [6, 6.07) is 5.75. The molecule has 1 aromatic rings. The first-order chi connectivity index (χ1) is 7.43. The molecule has 0 saturated heterocycles. The highest BCUT2D eigenvalue weighted by atomic mass is 16.5. The van der Waals surface area contributed by atoms with Crippen molar-refractivity contribution in [2.45, 2.75) is 26.2 Å². The maximum atomic E-state index is 11.7. The van der Waals surface area contributed by atoms with E-state index in [9.17, 15) is 4.79 Å². The topological polar surface area (TPSA) is 35.5 Å². The third-order valence-electron chi connectivity index (χ3n) is 2.83. The smallest absolute Gasteiger partial charge is 0.315 e. The standard InChI is InChI=1S/C13H18O3/c1-9-6-7-10(8-11(9)15-4)13(2,3)12(14)16-5/h6-8H,1-5H3. The molecule has 0 saturated carbocycles. The van der Waals surface area contributed by atoms with Crippen molar-refractivity contribution >= 4 is 5.97 Å². The first kappa shape index (κ1) is 12.6. The molecule has 3 nitrogen and oxygen atoms in total. The monoisotopic (exact) mass is 222 g/mol. The molecule has 3 heteroatoms. The summed E-state index contributed by atoms with van der Waals surface area (Å²) in [5, 5.41) is 0. The first-order valence-electron chi connectivity index (χ1n) is 5.17. The largest absolute Gasteiger partial charge is 0.496 e. The van der Waals surface area contributed by atoms with Crippen LogP contribution < -0.4 is 4.74 Å². The second kappa shape index (κ2) is 4.56. The Labute approximate surface area is 96.4 Å². The number of methoxy groups -OCH3 is 2. The summed E-state index contributed by atoms with van der Waals surface area (Å²) in [4.78, 5) is 11.7. The minimum Gasteiger partial charge on any atom is -0.496 e. The zero-order chi connectivity index (χ0) is 12.3. The summed E-state index contributed by atoms with van der Waals surface area (Å²) >= 11 is 0. The van der Waals surface area contributed by atoms with E-state index in [0.29, 0.717) is 0 Å². The van der Waals surface area contributed by atoms with Gasteiger partial charge in [0.2, 0.25) is 0 Å². The molecule has 0 spiro atoms. The van der Waals surface area contributed by atoms with Crippen molar-refractivity contribution in [2.75, 3.05) is 14.2 Å². The normalized spacial score (nSPS) is 11.1. The quantitative estimate of drug-likeness (QED) is 0.737. The van der Waals surface area contributed by atoms with Crippen LogP contribution in [0.15, 0.2) is 18.2 Å². The summed E-state index contributed by atoms with van der Waals surface area (Å²) in [5.41, 5.74) is 1.28. The van der Waals surface area contributed by atoms with E-state index in [4.69, 9.17) is 9.47 Å². The second-order valence-corrected chi connectivity index (χ2v) is 4.30. The molecule has 0 unspecified atom stereocenters. The Kier molecular flexibility index (Phi) is 3.58. The van der Waals surface area contributed by atoms with Gasteiger partial charge in [0, 0.05) is 0 Å². The average Bonchev–Trinajstić information content (AvgIpc) is 2.28. The van der Waals surface area contributed by atoms with Crippen LogP contribution in [0.5, 0.6) is 5.75 Å². The van der Waals surface area contributed by atoms with Crippen LogP contribution in [0.4, 0.5) is 0 Å². The molecule has 0 heterocycles. The summed E-state index contributed by atoms with van der Waals surface area (Å²) in [6.07, 6.45) is 0. The molecular weight excluding hydrogens is 204 g/mol. The highest BCUT2D eigenvalue weighted by molar-refractivity contribution is 5.82. The van der Waals surface area contributed by atoms with E-state index < -0.39 is 5.41 Å². The molecule has 0 bridgehead atoms. The lowest BCUT2D eigenvalue weighted by atomic mass is 9.84. The van der Waals surface area contributed by atoms with Gasteiger partial charge in [0.15, 0.2) is 0 Å². The molecule has 0 amide bonds. The second-order valence-electron chi connectivity index (χ2n) is 4.30.